The predicted molar refractivity (Wildman–Crippen MR) is 222 cm³/mol. The summed E-state index contributed by atoms with van der Waals surface area (Å²) in [5.41, 5.74) is 4.21. The van der Waals surface area contributed by atoms with E-state index in [0.717, 1.165) is 17.0 Å². The quantitative estimate of drug-likeness (QED) is 0.138. The fraction of sp³-hybridized carbons (Fsp3) is 0.273. The van der Waals surface area contributed by atoms with Crippen LogP contribution in [0, 0.1) is 28.5 Å². The molecule has 0 saturated heterocycles. The van der Waals surface area contributed by atoms with Crippen molar-refractivity contribution in [2.24, 2.45) is 0 Å². The lowest BCUT2D eigenvalue weighted by atomic mass is 10.0. The van der Waals surface area contributed by atoms with Gasteiger partial charge in [-0.25, -0.2) is 14.4 Å². The number of hydrogen-bond donors (Lipinski definition) is 2. The van der Waals surface area contributed by atoms with Gasteiger partial charge in [-0.15, -0.1) is 0 Å². The smallest absolute Gasteiger partial charge is 0.252 e. The number of halogens is 2. The number of nitrogens with zero attached hydrogens (tertiary/aromatic N) is 8. The zero-order valence-corrected chi connectivity index (χ0v) is 34.3. The number of amides is 2. The van der Waals surface area contributed by atoms with E-state index >= 15 is 0 Å². The van der Waals surface area contributed by atoms with E-state index in [1.807, 2.05) is 61.3 Å². The van der Waals surface area contributed by atoms with E-state index in [4.69, 9.17) is 16.6 Å². The number of rotatable bonds is 10. The third-order valence-corrected chi connectivity index (χ3v) is 8.96. The van der Waals surface area contributed by atoms with Crippen molar-refractivity contribution in [3.05, 3.63) is 119 Å². The molecular weight excluding hydrogens is 755 g/mol. The van der Waals surface area contributed by atoms with Gasteiger partial charge >= 0.3 is 0 Å². The van der Waals surface area contributed by atoms with Crippen LogP contribution in [0.3, 0.4) is 0 Å². The Morgan fingerprint density at radius 1 is 0.638 bits per heavy atom. The van der Waals surface area contributed by atoms with Gasteiger partial charge in [0.15, 0.2) is 0 Å². The van der Waals surface area contributed by atoms with E-state index < -0.39 is 11.1 Å². The number of pyridine rings is 2. The number of nitrogens with one attached hydrogen (secondary N) is 2. The Morgan fingerprint density at radius 2 is 1.00 bits per heavy atom. The van der Waals surface area contributed by atoms with Crippen LogP contribution >= 0.6 is 11.6 Å². The lowest BCUT2D eigenvalue weighted by Crippen LogP contribution is -2.42. The van der Waals surface area contributed by atoms with Crippen LogP contribution in [0.2, 0.25) is 5.02 Å². The normalized spacial score (nSPS) is 11.3. The van der Waals surface area contributed by atoms with Crippen LogP contribution in [0.25, 0.3) is 45.3 Å². The minimum atomic E-state index is -1.02. The first-order valence-electron chi connectivity index (χ1n) is 18.5. The minimum absolute atomic E-state index is 0.103. The second-order valence-electron chi connectivity index (χ2n) is 15.2. The molecule has 0 aliphatic carbocycles. The number of nitriles is 2. The van der Waals surface area contributed by atoms with Gasteiger partial charge in [-0.05, 0) is 128 Å². The van der Waals surface area contributed by atoms with Crippen LogP contribution in [-0.4, -0.2) is 52.4 Å². The third kappa shape index (κ3) is 10.4. The topological polar surface area (TPSA) is 167 Å². The lowest BCUT2D eigenvalue weighted by Gasteiger charge is -2.18. The SMILES string of the molecule is CC(C)n1nccc1-c1cc(C(=O)NC(C)(C)C#N)cc(-c2ccc(Cl)cc2)n1.CC(C)n1nccc1-c1cc(C(=O)NC(C)(C)C#N)cc(-c2ccc(F)cc2)n1. The standard InChI is InChI=1S/C22H22ClN5O.C22H22FN5O/c2*1-14(2)28-20(9-10-25-28)19-12-16(21(29)27-22(3,4)13-24)11-18(26-19)15-5-7-17(23)8-6-15/h2*5-12,14H,1-4H3,(H,27,29). The number of aromatic nitrogens is 6. The Labute approximate surface area is 342 Å². The van der Waals surface area contributed by atoms with Crippen LogP contribution in [-0.2, 0) is 0 Å². The van der Waals surface area contributed by atoms with Gasteiger partial charge in [0.2, 0.25) is 0 Å². The zero-order chi connectivity index (χ0) is 42.4. The van der Waals surface area contributed by atoms with Crippen LogP contribution in [0.4, 0.5) is 4.39 Å². The molecule has 58 heavy (non-hydrogen) atoms. The van der Waals surface area contributed by atoms with E-state index in [0.29, 0.717) is 44.5 Å². The van der Waals surface area contributed by atoms with Crippen molar-refractivity contribution in [3.8, 4) is 57.4 Å². The lowest BCUT2D eigenvalue weighted by molar-refractivity contribution is 0.0920. The molecule has 4 heterocycles. The molecule has 0 bridgehead atoms. The molecule has 296 valence electrons. The van der Waals surface area contributed by atoms with Gasteiger partial charge in [0.25, 0.3) is 11.8 Å². The summed E-state index contributed by atoms with van der Waals surface area (Å²) < 4.78 is 17.0. The highest BCUT2D eigenvalue weighted by molar-refractivity contribution is 6.30. The number of carbonyl (C=O) groups excluding carboxylic acids is 2. The van der Waals surface area contributed by atoms with Gasteiger partial charge in [-0.1, -0.05) is 23.7 Å². The second kappa shape index (κ2) is 17.6. The molecule has 0 fully saturated rings. The summed E-state index contributed by atoms with van der Waals surface area (Å²) in [6, 6.07) is 28.0. The maximum atomic E-state index is 13.4. The molecule has 0 spiro atoms. The zero-order valence-electron chi connectivity index (χ0n) is 33.5. The van der Waals surface area contributed by atoms with Gasteiger partial charge in [0.1, 0.15) is 16.9 Å². The summed E-state index contributed by atoms with van der Waals surface area (Å²) in [7, 11) is 0. The summed E-state index contributed by atoms with van der Waals surface area (Å²) in [4.78, 5) is 35.1. The van der Waals surface area contributed by atoms with E-state index in [2.05, 4.69) is 38.0 Å². The summed E-state index contributed by atoms with van der Waals surface area (Å²) in [5, 5.41) is 33.3. The Balaban J connectivity index is 0.000000221. The Hall–Kier alpha value is -6.70. The third-order valence-electron chi connectivity index (χ3n) is 8.71. The number of benzene rings is 2. The maximum absolute atomic E-state index is 13.4. The van der Waals surface area contributed by atoms with Crippen molar-refractivity contribution < 1.29 is 14.0 Å². The Kier molecular flexibility index (Phi) is 12.9. The number of carbonyl (C=O) groups is 2. The van der Waals surface area contributed by atoms with Gasteiger partial charge in [0.05, 0.1) is 46.3 Å². The molecule has 0 aliphatic heterocycles. The Bertz CT molecular complexity index is 2330. The fourth-order valence-electron chi connectivity index (χ4n) is 5.75. The number of hydrogen-bond acceptors (Lipinski definition) is 8. The molecular formula is C44H44ClFN10O2. The van der Waals surface area contributed by atoms with Gasteiger partial charge in [-0.3, -0.25) is 19.0 Å². The average molecular weight is 799 g/mol. The first-order valence-corrected chi connectivity index (χ1v) is 18.9. The van der Waals surface area contributed by atoms with Crippen molar-refractivity contribution in [2.75, 3.05) is 0 Å². The first kappa shape index (κ1) is 42.4. The average Bonchev–Trinajstić information content (AvgIpc) is 3.90. The molecule has 0 atom stereocenters. The van der Waals surface area contributed by atoms with Gasteiger partial charge in [-0.2, -0.15) is 20.7 Å². The van der Waals surface area contributed by atoms with Gasteiger partial charge < -0.3 is 10.6 Å². The second-order valence-corrected chi connectivity index (χ2v) is 15.6. The molecule has 0 aliphatic rings. The van der Waals surface area contributed by atoms with Crippen molar-refractivity contribution in [3.63, 3.8) is 0 Å². The van der Waals surface area contributed by atoms with Crippen LogP contribution < -0.4 is 10.6 Å². The minimum Gasteiger partial charge on any atom is -0.334 e. The molecule has 0 saturated carbocycles. The van der Waals surface area contributed by atoms with Crippen LogP contribution in [0.15, 0.2) is 97.3 Å². The predicted octanol–water partition coefficient (Wildman–Crippen LogP) is 9.24. The summed E-state index contributed by atoms with van der Waals surface area (Å²) in [6.07, 6.45) is 3.39. The maximum Gasteiger partial charge on any atom is 0.252 e. The van der Waals surface area contributed by atoms with Crippen molar-refractivity contribution >= 4 is 23.4 Å². The molecule has 2 aromatic carbocycles. The first-order chi connectivity index (χ1) is 27.4. The van der Waals surface area contributed by atoms with Crippen LogP contribution in [0.5, 0.6) is 0 Å². The molecule has 2 amide bonds. The highest BCUT2D eigenvalue weighted by atomic mass is 35.5. The monoisotopic (exact) mass is 798 g/mol. The largest absolute Gasteiger partial charge is 0.334 e. The molecule has 2 N–H and O–H groups in total. The van der Waals surface area contributed by atoms with E-state index in [-0.39, 0.29) is 29.7 Å². The van der Waals surface area contributed by atoms with Crippen molar-refractivity contribution in [2.45, 2.75) is 78.6 Å². The van der Waals surface area contributed by atoms with Crippen LogP contribution in [0.1, 0.15) is 88.2 Å². The Morgan fingerprint density at radius 3 is 1.36 bits per heavy atom. The summed E-state index contributed by atoms with van der Waals surface area (Å²) in [6.45, 7) is 14.6. The highest BCUT2D eigenvalue weighted by Gasteiger charge is 2.24. The molecule has 6 aromatic rings. The molecule has 6 rings (SSSR count). The molecule has 4 aromatic heterocycles. The summed E-state index contributed by atoms with van der Waals surface area (Å²) in [5.74, 6) is -1.08. The molecule has 0 unspecified atom stereocenters. The summed E-state index contributed by atoms with van der Waals surface area (Å²) >= 11 is 6.01. The molecule has 12 nitrogen and oxygen atoms in total. The van der Waals surface area contributed by atoms with E-state index in [1.54, 1.807) is 88.6 Å². The highest BCUT2D eigenvalue weighted by Crippen LogP contribution is 2.29. The molecule has 0 radical (unpaired) electrons. The van der Waals surface area contributed by atoms with Crippen molar-refractivity contribution in [1.29, 1.82) is 10.5 Å². The van der Waals surface area contributed by atoms with E-state index in [1.165, 1.54) is 12.1 Å². The molecule has 14 heteroatoms. The van der Waals surface area contributed by atoms with Gasteiger partial charge in [0, 0.05) is 51.8 Å². The fourth-order valence-corrected chi connectivity index (χ4v) is 5.87. The van der Waals surface area contributed by atoms with E-state index in [9.17, 15) is 24.5 Å². The van der Waals surface area contributed by atoms with Crippen molar-refractivity contribution in [1.82, 2.24) is 40.2 Å².